The van der Waals surface area contributed by atoms with Gasteiger partial charge in [-0.3, -0.25) is 4.79 Å². The number of carboxylic acids is 1. The summed E-state index contributed by atoms with van der Waals surface area (Å²) in [7, 11) is 0. The molecule has 5 heteroatoms. The van der Waals surface area contributed by atoms with Gasteiger partial charge in [0.1, 0.15) is 5.58 Å². The molecule has 0 saturated heterocycles. The van der Waals surface area contributed by atoms with Crippen LogP contribution in [0, 0.1) is 0 Å². The molecule has 0 bridgehead atoms. The van der Waals surface area contributed by atoms with Crippen LogP contribution < -0.4 is 0 Å². The first-order valence-electron chi connectivity index (χ1n) is 4.64. The van der Waals surface area contributed by atoms with E-state index in [1.807, 2.05) is 0 Å². The van der Waals surface area contributed by atoms with Gasteiger partial charge in [0.2, 0.25) is 0 Å². The second kappa shape index (κ2) is 4.27. The lowest BCUT2D eigenvalue weighted by molar-refractivity contribution is -0.139. The number of aliphatic hydroxyl groups excluding tert-OH is 1. The van der Waals surface area contributed by atoms with Crippen LogP contribution in [0.25, 0.3) is 11.0 Å². The number of furan rings is 1. The fourth-order valence-corrected chi connectivity index (χ4v) is 2.12. The van der Waals surface area contributed by atoms with E-state index in [0.29, 0.717) is 15.6 Å². The van der Waals surface area contributed by atoms with Gasteiger partial charge >= 0.3 is 5.97 Å². The molecular weight excluding hydrogens is 276 g/mol. The zero-order valence-corrected chi connectivity index (χ0v) is 9.77. The minimum atomic E-state index is -1.03. The number of halogens is 1. The standard InChI is InChI=1S/C11H9BrO4/c12-8-4-7(9(13)5-10(14)15)3-6-1-2-16-11(6)8/h1-4,9,13H,5H2,(H,14,15). The SMILES string of the molecule is O=C(O)CC(O)c1cc(Br)c2occc2c1. The van der Waals surface area contributed by atoms with E-state index in [-0.39, 0.29) is 6.42 Å². The maximum atomic E-state index is 10.5. The molecule has 0 amide bonds. The topological polar surface area (TPSA) is 70.7 Å². The first kappa shape index (κ1) is 11.2. The van der Waals surface area contributed by atoms with E-state index < -0.39 is 12.1 Å². The number of carbonyl (C=O) groups is 1. The van der Waals surface area contributed by atoms with Crippen LogP contribution in [0.4, 0.5) is 0 Å². The third-order valence-corrected chi connectivity index (χ3v) is 2.87. The molecule has 0 saturated carbocycles. The number of rotatable bonds is 3. The molecule has 0 aliphatic rings. The number of benzene rings is 1. The quantitative estimate of drug-likeness (QED) is 0.909. The third kappa shape index (κ3) is 2.10. The molecule has 16 heavy (non-hydrogen) atoms. The van der Waals surface area contributed by atoms with Gasteiger partial charge in [0, 0.05) is 5.39 Å². The van der Waals surface area contributed by atoms with Crippen LogP contribution >= 0.6 is 15.9 Å². The first-order valence-corrected chi connectivity index (χ1v) is 5.43. The molecule has 1 atom stereocenters. The summed E-state index contributed by atoms with van der Waals surface area (Å²) in [6.07, 6.45) is 0.228. The van der Waals surface area contributed by atoms with Crippen molar-refractivity contribution in [2.24, 2.45) is 0 Å². The average Bonchev–Trinajstić information content (AvgIpc) is 2.64. The smallest absolute Gasteiger partial charge is 0.306 e. The van der Waals surface area contributed by atoms with E-state index >= 15 is 0 Å². The fourth-order valence-electron chi connectivity index (χ4n) is 1.54. The van der Waals surface area contributed by atoms with Crippen LogP contribution in [0.5, 0.6) is 0 Å². The van der Waals surface area contributed by atoms with Gasteiger partial charge in [-0.2, -0.15) is 0 Å². The Kier molecular flexibility index (Phi) is 2.98. The summed E-state index contributed by atoms with van der Waals surface area (Å²) in [5, 5.41) is 19.1. The Morgan fingerprint density at radius 1 is 1.50 bits per heavy atom. The van der Waals surface area contributed by atoms with Gasteiger partial charge < -0.3 is 14.6 Å². The van der Waals surface area contributed by atoms with Crippen LogP contribution in [0.3, 0.4) is 0 Å². The summed E-state index contributed by atoms with van der Waals surface area (Å²) in [5.41, 5.74) is 1.24. The third-order valence-electron chi connectivity index (χ3n) is 2.28. The molecule has 1 heterocycles. The summed E-state index contributed by atoms with van der Waals surface area (Å²) in [5.74, 6) is -1.03. The number of hydrogen-bond donors (Lipinski definition) is 2. The van der Waals surface area contributed by atoms with Gasteiger partial charge in [-0.15, -0.1) is 0 Å². The second-order valence-electron chi connectivity index (χ2n) is 3.46. The van der Waals surface area contributed by atoms with Crippen molar-refractivity contribution in [3.05, 3.63) is 34.5 Å². The van der Waals surface area contributed by atoms with Gasteiger partial charge in [0.15, 0.2) is 0 Å². The minimum absolute atomic E-state index is 0.310. The number of aliphatic hydroxyl groups is 1. The van der Waals surface area contributed by atoms with Crippen molar-refractivity contribution >= 4 is 32.9 Å². The van der Waals surface area contributed by atoms with Crippen LogP contribution in [0.15, 0.2) is 33.4 Å². The second-order valence-corrected chi connectivity index (χ2v) is 4.31. The summed E-state index contributed by atoms with van der Waals surface area (Å²) < 4.78 is 5.92. The number of fused-ring (bicyclic) bond motifs is 1. The Labute approximate surface area is 99.6 Å². The van der Waals surface area contributed by atoms with Gasteiger partial charge in [-0.1, -0.05) is 0 Å². The molecule has 2 N–H and O–H groups in total. The highest BCUT2D eigenvalue weighted by atomic mass is 79.9. The van der Waals surface area contributed by atoms with Gasteiger partial charge in [0.25, 0.3) is 0 Å². The van der Waals surface area contributed by atoms with E-state index in [1.54, 1.807) is 24.5 Å². The molecule has 1 aromatic carbocycles. The molecule has 0 radical (unpaired) electrons. The van der Waals surface area contributed by atoms with Gasteiger partial charge in [-0.05, 0) is 39.7 Å². The van der Waals surface area contributed by atoms with Crippen LogP contribution in [0.2, 0.25) is 0 Å². The van der Waals surface area contributed by atoms with Crippen molar-refractivity contribution in [3.63, 3.8) is 0 Å². The highest BCUT2D eigenvalue weighted by Gasteiger charge is 2.14. The number of aliphatic carboxylic acids is 1. The molecular formula is C11H9BrO4. The van der Waals surface area contributed by atoms with Crippen molar-refractivity contribution in [2.75, 3.05) is 0 Å². The Hall–Kier alpha value is -1.33. The maximum Gasteiger partial charge on any atom is 0.306 e. The molecule has 0 aliphatic carbocycles. The van der Waals surface area contributed by atoms with Crippen molar-refractivity contribution in [3.8, 4) is 0 Å². The summed E-state index contributed by atoms with van der Waals surface area (Å²) >= 11 is 3.31. The summed E-state index contributed by atoms with van der Waals surface area (Å²) in [6.45, 7) is 0. The molecule has 0 spiro atoms. The van der Waals surface area contributed by atoms with E-state index in [4.69, 9.17) is 9.52 Å². The van der Waals surface area contributed by atoms with Crippen LogP contribution in [0.1, 0.15) is 18.1 Å². The Bertz CT molecular complexity index is 532. The molecule has 2 rings (SSSR count). The van der Waals surface area contributed by atoms with E-state index in [0.717, 1.165) is 5.39 Å². The van der Waals surface area contributed by atoms with Gasteiger partial charge in [-0.25, -0.2) is 0 Å². The largest absolute Gasteiger partial charge is 0.481 e. The van der Waals surface area contributed by atoms with Crippen LogP contribution in [-0.4, -0.2) is 16.2 Å². The monoisotopic (exact) mass is 284 g/mol. The first-order chi connectivity index (χ1) is 7.58. The zero-order valence-electron chi connectivity index (χ0n) is 8.18. The molecule has 2 aromatic rings. The lowest BCUT2D eigenvalue weighted by atomic mass is 10.1. The molecule has 4 nitrogen and oxygen atoms in total. The molecule has 1 aromatic heterocycles. The van der Waals surface area contributed by atoms with E-state index in [1.165, 1.54) is 0 Å². The Morgan fingerprint density at radius 3 is 2.94 bits per heavy atom. The highest BCUT2D eigenvalue weighted by Crippen LogP contribution is 2.30. The fraction of sp³-hybridized carbons (Fsp3) is 0.182. The number of carboxylic acid groups (broad SMARTS) is 1. The predicted molar refractivity (Wildman–Crippen MR) is 61.1 cm³/mol. The summed E-state index contributed by atoms with van der Waals surface area (Å²) in [6, 6.07) is 5.15. The van der Waals surface area contributed by atoms with Crippen molar-refractivity contribution < 1.29 is 19.4 Å². The lowest BCUT2D eigenvalue weighted by Crippen LogP contribution is -2.05. The molecule has 1 unspecified atom stereocenters. The van der Waals surface area contributed by atoms with Gasteiger partial charge in [0.05, 0.1) is 23.3 Å². The highest BCUT2D eigenvalue weighted by molar-refractivity contribution is 9.10. The zero-order chi connectivity index (χ0) is 11.7. The molecule has 84 valence electrons. The lowest BCUT2D eigenvalue weighted by Gasteiger charge is -2.08. The molecule has 0 fully saturated rings. The molecule has 0 aliphatic heterocycles. The predicted octanol–water partition coefficient (Wildman–Crippen LogP) is 2.70. The van der Waals surface area contributed by atoms with E-state index in [2.05, 4.69) is 15.9 Å². The average molecular weight is 285 g/mol. The number of hydrogen-bond acceptors (Lipinski definition) is 3. The summed E-state index contributed by atoms with van der Waals surface area (Å²) in [4.78, 5) is 10.5. The Balaban J connectivity index is 2.41. The van der Waals surface area contributed by atoms with Crippen LogP contribution in [-0.2, 0) is 4.79 Å². The Morgan fingerprint density at radius 2 is 2.25 bits per heavy atom. The van der Waals surface area contributed by atoms with Crippen molar-refractivity contribution in [1.29, 1.82) is 0 Å². The van der Waals surface area contributed by atoms with E-state index in [9.17, 15) is 9.90 Å². The van der Waals surface area contributed by atoms with Crippen molar-refractivity contribution in [2.45, 2.75) is 12.5 Å². The van der Waals surface area contributed by atoms with Crippen molar-refractivity contribution in [1.82, 2.24) is 0 Å². The minimum Gasteiger partial charge on any atom is -0.481 e. The normalized spacial score (nSPS) is 12.9. The maximum absolute atomic E-state index is 10.5.